The van der Waals surface area contributed by atoms with Crippen molar-refractivity contribution < 1.29 is 9.50 Å². The molecule has 0 unspecified atom stereocenters. The van der Waals surface area contributed by atoms with Gasteiger partial charge in [0.1, 0.15) is 5.82 Å². The number of aliphatic hydroxyl groups is 1. The summed E-state index contributed by atoms with van der Waals surface area (Å²) in [5.74, 6) is -0.255. The summed E-state index contributed by atoms with van der Waals surface area (Å²) in [6.07, 6.45) is -0.535. The van der Waals surface area contributed by atoms with E-state index in [9.17, 15) is 9.50 Å². The number of aliphatic hydroxyl groups excluding tert-OH is 1. The van der Waals surface area contributed by atoms with Gasteiger partial charge < -0.3 is 5.11 Å². The molecule has 1 N–H and O–H groups in total. The van der Waals surface area contributed by atoms with Crippen LogP contribution in [0, 0.1) is 5.82 Å². The van der Waals surface area contributed by atoms with Crippen LogP contribution in [0.1, 0.15) is 18.6 Å². The molecule has 0 aliphatic heterocycles. The van der Waals surface area contributed by atoms with E-state index in [4.69, 9.17) is 11.6 Å². The highest BCUT2D eigenvalue weighted by Gasteiger charge is 2.07. The molecule has 94 valence electrons. The Morgan fingerprint density at radius 1 is 1.17 bits per heavy atom. The van der Waals surface area contributed by atoms with Gasteiger partial charge in [-0.2, -0.15) is 0 Å². The second-order valence-electron chi connectivity index (χ2n) is 3.92. The van der Waals surface area contributed by atoms with Crippen molar-refractivity contribution in [2.75, 3.05) is 0 Å². The fraction of sp³-hybridized carbons (Fsp3) is 0.143. The van der Waals surface area contributed by atoms with Crippen molar-refractivity contribution in [3.8, 4) is 0 Å². The third kappa shape index (κ3) is 3.25. The van der Waals surface area contributed by atoms with Crippen LogP contribution in [0.25, 0.3) is 0 Å². The van der Waals surface area contributed by atoms with E-state index < -0.39 is 6.10 Å². The standard InChI is InChI=1S/C14H12ClFOS/c1-9(17)10-2-7-14(13(15)8-10)18-12-5-3-11(16)4-6-12/h2-9,17H,1H3/t9-/m0/s1. The Hall–Kier alpha value is -1.03. The average molecular weight is 283 g/mol. The number of halogens is 2. The van der Waals surface area contributed by atoms with Gasteiger partial charge in [-0.25, -0.2) is 4.39 Å². The molecule has 2 rings (SSSR count). The van der Waals surface area contributed by atoms with E-state index in [1.54, 1.807) is 25.1 Å². The second-order valence-corrected chi connectivity index (χ2v) is 5.44. The molecule has 0 radical (unpaired) electrons. The number of rotatable bonds is 3. The highest BCUT2D eigenvalue weighted by Crippen LogP contribution is 2.34. The van der Waals surface area contributed by atoms with E-state index in [2.05, 4.69) is 0 Å². The molecule has 0 aliphatic rings. The summed E-state index contributed by atoms with van der Waals surface area (Å²) in [4.78, 5) is 1.80. The zero-order valence-electron chi connectivity index (χ0n) is 9.73. The number of benzene rings is 2. The minimum Gasteiger partial charge on any atom is -0.389 e. The van der Waals surface area contributed by atoms with Crippen LogP contribution in [0.4, 0.5) is 4.39 Å². The lowest BCUT2D eigenvalue weighted by Gasteiger charge is -2.08. The molecule has 18 heavy (non-hydrogen) atoms. The van der Waals surface area contributed by atoms with Crippen molar-refractivity contribution in [2.24, 2.45) is 0 Å². The summed E-state index contributed by atoms with van der Waals surface area (Å²) in [6.45, 7) is 1.69. The first-order chi connectivity index (χ1) is 8.56. The smallest absolute Gasteiger partial charge is 0.123 e. The van der Waals surface area contributed by atoms with Crippen molar-refractivity contribution in [1.29, 1.82) is 0 Å². The molecule has 2 aromatic carbocycles. The minimum atomic E-state index is -0.535. The van der Waals surface area contributed by atoms with Gasteiger partial charge in [-0.3, -0.25) is 0 Å². The van der Waals surface area contributed by atoms with E-state index in [-0.39, 0.29) is 5.82 Å². The first-order valence-electron chi connectivity index (χ1n) is 5.47. The molecule has 0 amide bonds. The van der Waals surface area contributed by atoms with Crippen molar-refractivity contribution in [2.45, 2.75) is 22.8 Å². The molecular weight excluding hydrogens is 271 g/mol. The maximum absolute atomic E-state index is 12.8. The first kappa shape index (κ1) is 13.4. The van der Waals surface area contributed by atoms with Gasteiger partial charge in [0.15, 0.2) is 0 Å². The zero-order chi connectivity index (χ0) is 13.1. The Labute approximate surface area is 115 Å². The van der Waals surface area contributed by atoms with Gasteiger partial charge in [0.2, 0.25) is 0 Å². The van der Waals surface area contributed by atoms with E-state index >= 15 is 0 Å². The lowest BCUT2D eigenvalue weighted by Crippen LogP contribution is -1.90. The maximum atomic E-state index is 12.8. The lowest BCUT2D eigenvalue weighted by molar-refractivity contribution is 0.199. The summed E-state index contributed by atoms with van der Waals surface area (Å²) in [5.41, 5.74) is 0.781. The second kappa shape index (κ2) is 5.74. The van der Waals surface area contributed by atoms with Gasteiger partial charge >= 0.3 is 0 Å². The third-order valence-corrected chi connectivity index (χ3v) is 3.99. The molecule has 2 aromatic rings. The first-order valence-corrected chi connectivity index (χ1v) is 6.66. The van der Waals surface area contributed by atoms with Crippen LogP contribution in [0.5, 0.6) is 0 Å². The fourth-order valence-corrected chi connectivity index (χ4v) is 2.61. The molecule has 1 atom stereocenters. The molecule has 0 saturated carbocycles. The topological polar surface area (TPSA) is 20.2 Å². The molecule has 0 heterocycles. The largest absolute Gasteiger partial charge is 0.389 e. The van der Waals surface area contributed by atoms with Crippen LogP contribution in [0.15, 0.2) is 52.3 Å². The van der Waals surface area contributed by atoms with Gasteiger partial charge in [0.25, 0.3) is 0 Å². The Kier molecular flexibility index (Phi) is 4.27. The van der Waals surface area contributed by atoms with Crippen LogP contribution >= 0.6 is 23.4 Å². The van der Waals surface area contributed by atoms with E-state index in [0.29, 0.717) is 5.02 Å². The van der Waals surface area contributed by atoms with E-state index in [1.165, 1.54) is 23.9 Å². The predicted molar refractivity (Wildman–Crippen MR) is 72.6 cm³/mol. The van der Waals surface area contributed by atoms with Gasteiger partial charge in [0, 0.05) is 9.79 Å². The van der Waals surface area contributed by atoms with Gasteiger partial charge in [0.05, 0.1) is 11.1 Å². The van der Waals surface area contributed by atoms with Crippen LogP contribution in [-0.4, -0.2) is 5.11 Å². The zero-order valence-corrected chi connectivity index (χ0v) is 11.3. The fourth-order valence-electron chi connectivity index (χ4n) is 1.49. The van der Waals surface area contributed by atoms with Crippen LogP contribution in [-0.2, 0) is 0 Å². The normalized spacial score (nSPS) is 12.4. The summed E-state index contributed by atoms with van der Waals surface area (Å²) in [6, 6.07) is 11.7. The highest BCUT2D eigenvalue weighted by molar-refractivity contribution is 7.99. The Morgan fingerprint density at radius 3 is 2.39 bits per heavy atom. The van der Waals surface area contributed by atoms with Crippen molar-refractivity contribution in [1.82, 2.24) is 0 Å². The predicted octanol–water partition coefficient (Wildman–Crippen LogP) is 4.68. The van der Waals surface area contributed by atoms with E-state index in [1.807, 2.05) is 12.1 Å². The Balaban J connectivity index is 2.22. The molecule has 0 aromatic heterocycles. The van der Waals surface area contributed by atoms with Crippen molar-refractivity contribution >= 4 is 23.4 Å². The Morgan fingerprint density at radius 2 is 1.83 bits per heavy atom. The molecule has 0 aliphatic carbocycles. The van der Waals surface area contributed by atoms with Crippen LogP contribution in [0.2, 0.25) is 5.02 Å². The highest BCUT2D eigenvalue weighted by atomic mass is 35.5. The molecule has 4 heteroatoms. The van der Waals surface area contributed by atoms with Crippen molar-refractivity contribution in [3.63, 3.8) is 0 Å². The molecular formula is C14H12ClFOS. The quantitative estimate of drug-likeness (QED) is 0.882. The van der Waals surface area contributed by atoms with Crippen LogP contribution in [0.3, 0.4) is 0 Å². The average Bonchev–Trinajstić information content (AvgIpc) is 2.34. The minimum absolute atomic E-state index is 0.255. The lowest BCUT2D eigenvalue weighted by atomic mass is 10.1. The monoisotopic (exact) mass is 282 g/mol. The molecule has 0 bridgehead atoms. The summed E-state index contributed by atoms with van der Waals surface area (Å²) in [5, 5.41) is 10.0. The van der Waals surface area contributed by atoms with E-state index in [0.717, 1.165) is 15.4 Å². The maximum Gasteiger partial charge on any atom is 0.123 e. The Bertz CT molecular complexity index is 540. The summed E-state index contributed by atoms with van der Waals surface area (Å²) < 4.78 is 12.8. The summed E-state index contributed by atoms with van der Waals surface area (Å²) >= 11 is 7.61. The van der Waals surface area contributed by atoms with Gasteiger partial charge in [-0.1, -0.05) is 29.4 Å². The van der Waals surface area contributed by atoms with Gasteiger partial charge in [-0.15, -0.1) is 0 Å². The SMILES string of the molecule is C[C@H](O)c1ccc(Sc2ccc(F)cc2)c(Cl)c1. The van der Waals surface area contributed by atoms with Crippen molar-refractivity contribution in [3.05, 3.63) is 58.9 Å². The molecule has 1 nitrogen and oxygen atoms in total. The third-order valence-electron chi connectivity index (χ3n) is 2.48. The number of hydrogen-bond donors (Lipinski definition) is 1. The summed E-state index contributed by atoms with van der Waals surface area (Å²) in [7, 11) is 0. The molecule has 0 fully saturated rings. The van der Waals surface area contributed by atoms with Crippen LogP contribution < -0.4 is 0 Å². The molecule has 0 saturated heterocycles. The number of hydrogen-bond acceptors (Lipinski definition) is 2. The van der Waals surface area contributed by atoms with Gasteiger partial charge in [-0.05, 0) is 48.9 Å². The molecule has 0 spiro atoms.